The lowest BCUT2D eigenvalue weighted by molar-refractivity contribution is -0.113. The van der Waals surface area contributed by atoms with Crippen molar-refractivity contribution in [2.24, 2.45) is 0 Å². The summed E-state index contributed by atoms with van der Waals surface area (Å²) in [7, 11) is 1.58. The third-order valence-corrected chi connectivity index (χ3v) is 5.71. The molecule has 1 fully saturated rings. The quantitative estimate of drug-likeness (QED) is 0.384. The summed E-state index contributed by atoms with van der Waals surface area (Å²) in [4.78, 5) is 26.6. The lowest BCUT2D eigenvalue weighted by Crippen LogP contribution is -2.27. The Labute approximate surface area is 179 Å². The summed E-state index contributed by atoms with van der Waals surface area (Å²) < 4.78 is 11.8. The number of hydrogen-bond acceptors (Lipinski definition) is 5. The third-order valence-electron chi connectivity index (χ3n) is 3.72. The molecule has 1 saturated heterocycles. The Hall–Kier alpha value is -1.71. The highest BCUT2D eigenvalue weighted by Gasteiger charge is 2.37. The molecule has 1 aliphatic heterocycles. The molecule has 1 heterocycles. The molecule has 1 aliphatic rings. The lowest BCUT2D eigenvalue weighted by atomic mass is 10.1. The van der Waals surface area contributed by atoms with Crippen LogP contribution in [-0.2, 0) is 4.79 Å². The van der Waals surface area contributed by atoms with E-state index in [1.807, 2.05) is 13.0 Å². The zero-order valence-corrected chi connectivity index (χ0v) is 18.2. The van der Waals surface area contributed by atoms with Gasteiger partial charge in [-0.05, 0) is 77.2 Å². The van der Waals surface area contributed by atoms with E-state index < -0.39 is 5.91 Å². The Morgan fingerprint density at radius 3 is 2.67 bits per heavy atom. The second kappa shape index (κ2) is 8.53. The van der Waals surface area contributed by atoms with Gasteiger partial charge in [-0.2, -0.15) is 0 Å². The summed E-state index contributed by atoms with van der Waals surface area (Å²) in [6, 6.07) is 10.4. The molecule has 2 amide bonds. The van der Waals surface area contributed by atoms with E-state index in [-0.39, 0.29) is 5.24 Å². The van der Waals surface area contributed by atoms with Crippen molar-refractivity contribution in [3.63, 3.8) is 0 Å². The van der Waals surface area contributed by atoms with Crippen LogP contribution in [0, 0.1) is 3.57 Å². The Morgan fingerprint density at radius 2 is 2.00 bits per heavy atom. The van der Waals surface area contributed by atoms with E-state index in [4.69, 9.17) is 21.1 Å². The van der Waals surface area contributed by atoms with Crippen LogP contribution in [0.1, 0.15) is 12.5 Å². The van der Waals surface area contributed by atoms with Crippen molar-refractivity contribution in [2.75, 3.05) is 18.6 Å². The Bertz CT molecular complexity index is 947. The molecular formula is C19H15ClINO4S. The number of thioether (sulfide) groups is 1. The highest BCUT2D eigenvalue weighted by Crippen LogP contribution is 2.40. The zero-order valence-electron chi connectivity index (χ0n) is 14.5. The van der Waals surface area contributed by atoms with Crippen LogP contribution in [0.5, 0.6) is 11.5 Å². The van der Waals surface area contributed by atoms with Gasteiger partial charge in [0, 0.05) is 0 Å². The number of carbonyl (C=O) groups excluding carboxylic acids is 2. The first-order valence-electron chi connectivity index (χ1n) is 7.99. The highest BCUT2D eigenvalue weighted by atomic mass is 127. The van der Waals surface area contributed by atoms with Crippen LogP contribution in [0.3, 0.4) is 0 Å². The zero-order chi connectivity index (χ0) is 19.6. The highest BCUT2D eigenvalue weighted by molar-refractivity contribution is 14.1. The van der Waals surface area contributed by atoms with Gasteiger partial charge in [0.25, 0.3) is 11.1 Å². The number of benzene rings is 2. The van der Waals surface area contributed by atoms with E-state index in [0.29, 0.717) is 33.7 Å². The van der Waals surface area contributed by atoms with E-state index in [0.717, 1.165) is 25.8 Å². The fourth-order valence-electron chi connectivity index (χ4n) is 2.59. The predicted molar refractivity (Wildman–Crippen MR) is 117 cm³/mol. The first-order valence-corrected chi connectivity index (χ1v) is 10.3. The molecule has 0 bridgehead atoms. The van der Waals surface area contributed by atoms with Crippen LogP contribution in [0.15, 0.2) is 41.3 Å². The van der Waals surface area contributed by atoms with Crippen LogP contribution in [0.25, 0.3) is 6.08 Å². The minimum absolute atomic E-state index is 0.323. The number of halogens is 2. The van der Waals surface area contributed by atoms with Crippen molar-refractivity contribution in [3.8, 4) is 11.5 Å². The van der Waals surface area contributed by atoms with Gasteiger partial charge >= 0.3 is 0 Å². The predicted octanol–water partition coefficient (Wildman–Crippen LogP) is 5.59. The maximum absolute atomic E-state index is 12.8. The minimum Gasteiger partial charge on any atom is -0.492 e. The van der Waals surface area contributed by atoms with Crippen LogP contribution in [0.2, 0.25) is 5.02 Å². The average molecular weight is 516 g/mol. The fourth-order valence-corrected chi connectivity index (χ4v) is 4.49. The second-order valence-electron chi connectivity index (χ2n) is 5.44. The van der Waals surface area contributed by atoms with Crippen LogP contribution < -0.4 is 14.4 Å². The van der Waals surface area contributed by atoms with Crippen LogP contribution in [-0.4, -0.2) is 24.9 Å². The molecule has 0 spiro atoms. The molecule has 3 rings (SSSR count). The summed E-state index contributed by atoms with van der Waals surface area (Å²) in [5, 5.41) is -0.0359. The minimum atomic E-state index is -0.401. The number of rotatable bonds is 5. The fraction of sp³-hybridized carbons (Fsp3) is 0.158. The topological polar surface area (TPSA) is 55.8 Å². The summed E-state index contributed by atoms with van der Waals surface area (Å²) in [6.07, 6.45) is 1.67. The lowest BCUT2D eigenvalue weighted by Gasteiger charge is -2.14. The van der Waals surface area contributed by atoms with Gasteiger partial charge in [-0.1, -0.05) is 23.7 Å². The first-order chi connectivity index (χ1) is 13.0. The molecule has 5 nitrogen and oxygen atoms in total. The van der Waals surface area contributed by atoms with Gasteiger partial charge in [0.1, 0.15) is 0 Å². The summed E-state index contributed by atoms with van der Waals surface area (Å²) in [5.74, 6) is 0.823. The maximum atomic E-state index is 12.8. The number of anilines is 1. The average Bonchev–Trinajstić information content (AvgIpc) is 2.89. The standard InChI is InChI=1S/C19H15ClINO4S/c1-3-26-15-9-11(8-13(21)17(15)25-2)10-16-18(23)22(19(24)27-16)14-7-5-4-6-12(14)20/h4-10H,3H2,1-2H3/b16-10-. The molecule has 0 N–H and O–H groups in total. The molecule has 0 saturated carbocycles. The van der Waals surface area contributed by atoms with Gasteiger partial charge in [-0.25, -0.2) is 4.90 Å². The van der Waals surface area contributed by atoms with Crippen molar-refractivity contribution >= 4 is 68.9 Å². The van der Waals surface area contributed by atoms with E-state index in [1.165, 1.54) is 0 Å². The third kappa shape index (κ3) is 4.09. The van der Waals surface area contributed by atoms with E-state index in [1.54, 1.807) is 43.5 Å². The number of hydrogen-bond donors (Lipinski definition) is 0. The van der Waals surface area contributed by atoms with Crippen molar-refractivity contribution in [1.29, 1.82) is 0 Å². The van der Waals surface area contributed by atoms with Crippen molar-refractivity contribution in [1.82, 2.24) is 0 Å². The molecule has 2 aromatic rings. The Kier molecular flexibility index (Phi) is 6.33. The largest absolute Gasteiger partial charge is 0.492 e. The monoisotopic (exact) mass is 515 g/mol. The van der Waals surface area contributed by atoms with Crippen molar-refractivity contribution < 1.29 is 19.1 Å². The number of carbonyl (C=O) groups is 2. The van der Waals surface area contributed by atoms with Crippen LogP contribution in [0.4, 0.5) is 10.5 Å². The molecule has 0 atom stereocenters. The Balaban J connectivity index is 1.98. The first kappa shape index (κ1) is 20.0. The summed E-state index contributed by atoms with van der Waals surface area (Å²) in [5.41, 5.74) is 1.12. The van der Waals surface area contributed by atoms with E-state index >= 15 is 0 Å². The van der Waals surface area contributed by atoms with Gasteiger partial charge in [0.15, 0.2) is 11.5 Å². The van der Waals surface area contributed by atoms with E-state index in [2.05, 4.69) is 22.6 Å². The number of para-hydroxylation sites is 1. The SMILES string of the molecule is CCOc1cc(/C=C2\SC(=O)N(c3ccccc3Cl)C2=O)cc(I)c1OC. The normalized spacial score (nSPS) is 15.6. The number of amides is 2. The molecular weight excluding hydrogens is 501 g/mol. The summed E-state index contributed by atoms with van der Waals surface area (Å²) in [6.45, 7) is 2.37. The molecule has 140 valence electrons. The Morgan fingerprint density at radius 1 is 1.26 bits per heavy atom. The molecule has 8 heteroatoms. The molecule has 0 aliphatic carbocycles. The molecule has 27 heavy (non-hydrogen) atoms. The smallest absolute Gasteiger partial charge is 0.298 e. The number of ether oxygens (including phenoxy) is 2. The number of imide groups is 1. The molecule has 2 aromatic carbocycles. The molecule has 0 unspecified atom stereocenters. The van der Waals surface area contributed by atoms with Crippen molar-refractivity contribution in [2.45, 2.75) is 6.92 Å². The van der Waals surface area contributed by atoms with E-state index in [9.17, 15) is 9.59 Å². The van der Waals surface area contributed by atoms with Gasteiger partial charge in [-0.15, -0.1) is 0 Å². The van der Waals surface area contributed by atoms with Gasteiger partial charge < -0.3 is 9.47 Å². The second-order valence-corrected chi connectivity index (χ2v) is 8.00. The summed E-state index contributed by atoms with van der Waals surface area (Å²) >= 11 is 9.17. The van der Waals surface area contributed by atoms with Crippen LogP contribution >= 0.6 is 46.0 Å². The maximum Gasteiger partial charge on any atom is 0.298 e. The molecule has 0 radical (unpaired) electrons. The van der Waals surface area contributed by atoms with Gasteiger partial charge in [-0.3, -0.25) is 9.59 Å². The molecule has 0 aromatic heterocycles. The van der Waals surface area contributed by atoms with Gasteiger partial charge in [0.05, 0.1) is 32.9 Å². The van der Waals surface area contributed by atoms with Gasteiger partial charge in [0.2, 0.25) is 0 Å². The number of methoxy groups -OCH3 is 1. The number of nitrogens with zero attached hydrogens (tertiary/aromatic N) is 1. The van der Waals surface area contributed by atoms with Crippen molar-refractivity contribution in [3.05, 3.63) is 55.5 Å².